The largest absolute Gasteiger partial charge is 0.321 e. The minimum atomic E-state index is -0.0730. The summed E-state index contributed by atoms with van der Waals surface area (Å²) >= 11 is 0. The van der Waals surface area contributed by atoms with Crippen LogP contribution >= 0.6 is 0 Å². The summed E-state index contributed by atoms with van der Waals surface area (Å²) in [4.78, 5) is 4.31. The fraction of sp³-hybridized carbons (Fsp3) is 0.400. The molecule has 0 saturated heterocycles. The van der Waals surface area contributed by atoms with Crippen molar-refractivity contribution < 1.29 is 0 Å². The van der Waals surface area contributed by atoms with Gasteiger partial charge in [-0.3, -0.25) is 4.98 Å². The molecule has 0 bridgehead atoms. The first-order valence-corrected chi connectivity index (χ1v) is 6.39. The van der Waals surface area contributed by atoms with Crippen molar-refractivity contribution in [2.24, 2.45) is 5.73 Å². The molecular formula is C15H18N2. The summed E-state index contributed by atoms with van der Waals surface area (Å²) in [7, 11) is 0. The molecule has 0 spiro atoms. The van der Waals surface area contributed by atoms with Crippen LogP contribution in [0.5, 0.6) is 0 Å². The predicted molar refractivity (Wildman–Crippen MR) is 70.8 cm³/mol. The highest BCUT2D eigenvalue weighted by Gasteiger charge is 2.34. The summed E-state index contributed by atoms with van der Waals surface area (Å²) in [6.07, 6.45) is 8.40. The van der Waals surface area contributed by atoms with Crippen LogP contribution in [0.2, 0.25) is 0 Å². The standard InChI is InChI=1S/C15H18N2/c1-2-11-9-17-10-12-8-13(4-5-14(11)12)15(16)6-3-7-15/h4-5,8-10H,2-3,6-7,16H2,1H3. The van der Waals surface area contributed by atoms with Crippen molar-refractivity contribution in [1.29, 1.82) is 0 Å². The van der Waals surface area contributed by atoms with Gasteiger partial charge in [-0.25, -0.2) is 0 Å². The summed E-state index contributed by atoms with van der Waals surface area (Å²) in [6, 6.07) is 6.62. The van der Waals surface area contributed by atoms with E-state index in [0.717, 1.165) is 19.3 Å². The Morgan fingerprint density at radius 1 is 1.29 bits per heavy atom. The Balaban J connectivity index is 2.14. The van der Waals surface area contributed by atoms with Gasteiger partial charge in [-0.1, -0.05) is 19.1 Å². The maximum Gasteiger partial charge on any atom is 0.0409 e. The third kappa shape index (κ3) is 1.64. The van der Waals surface area contributed by atoms with Gasteiger partial charge in [0.1, 0.15) is 0 Å². The first kappa shape index (κ1) is 10.7. The van der Waals surface area contributed by atoms with E-state index in [-0.39, 0.29) is 5.54 Å². The van der Waals surface area contributed by atoms with E-state index in [1.165, 1.54) is 28.3 Å². The molecule has 1 aromatic heterocycles. The molecule has 1 aromatic carbocycles. The molecule has 3 rings (SSSR count). The van der Waals surface area contributed by atoms with Crippen LogP contribution in [-0.4, -0.2) is 4.98 Å². The number of fused-ring (bicyclic) bond motifs is 1. The van der Waals surface area contributed by atoms with Gasteiger partial charge >= 0.3 is 0 Å². The molecule has 0 atom stereocenters. The normalized spacial score (nSPS) is 18.0. The lowest BCUT2D eigenvalue weighted by Gasteiger charge is -2.38. The average Bonchev–Trinajstić information content (AvgIpc) is 2.34. The van der Waals surface area contributed by atoms with Gasteiger partial charge in [0.2, 0.25) is 0 Å². The lowest BCUT2D eigenvalue weighted by Crippen LogP contribution is -2.43. The highest BCUT2D eigenvalue weighted by atomic mass is 14.8. The monoisotopic (exact) mass is 226 g/mol. The van der Waals surface area contributed by atoms with Gasteiger partial charge in [-0.05, 0) is 48.3 Å². The first-order valence-electron chi connectivity index (χ1n) is 6.39. The molecule has 2 aromatic rings. The predicted octanol–water partition coefficient (Wildman–Crippen LogP) is 3.14. The smallest absolute Gasteiger partial charge is 0.0409 e. The van der Waals surface area contributed by atoms with E-state index in [1.807, 2.05) is 12.4 Å². The van der Waals surface area contributed by atoms with Crippen LogP contribution in [0, 0.1) is 0 Å². The number of nitrogens with two attached hydrogens (primary N) is 1. The Bertz CT molecular complexity index is 556. The summed E-state index contributed by atoms with van der Waals surface area (Å²) in [5, 5.41) is 2.53. The maximum atomic E-state index is 6.37. The van der Waals surface area contributed by atoms with Gasteiger partial charge in [0.15, 0.2) is 0 Å². The Morgan fingerprint density at radius 2 is 2.12 bits per heavy atom. The van der Waals surface area contributed by atoms with Crippen molar-refractivity contribution in [3.8, 4) is 0 Å². The fourth-order valence-corrected chi connectivity index (χ4v) is 2.68. The zero-order valence-corrected chi connectivity index (χ0v) is 10.2. The van der Waals surface area contributed by atoms with E-state index in [9.17, 15) is 0 Å². The van der Waals surface area contributed by atoms with Crippen LogP contribution in [0.4, 0.5) is 0 Å². The molecule has 2 nitrogen and oxygen atoms in total. The van der Waals surface area contributed by atoms with Crippen LogP contribution in [0.15, 0.2) is 30.6 Å². The van der Waals surface area contributed by atoms with Gasteiger partial charge in [-0.15, -0.1) is 0 Å². The lowest BCUT2D eigenvalue weighted by atomic mass is 9.72. The number of nitrogens with zero attached hydrogens (tertiary/aromatic N) is 1. The third-order valence-electron chi connectivity index (χ3n) is 4.04. The lowest BCUT2D eigenvalue weighted by molar-refractivity contribution is 0.254. The SMILES string of the molecule is CCc1cncc2cc(C3(N)CCC3)ccc12. The Labute approximate surface area is 102 Å². The maximum absolute atomic E-state index is 6.37. The number of hydrogen-bond acceptors (Lipinski definition) is 2. The van der Waals surface area contributed by atoms with Gasteiger partial charge in [0.25, 0.3) is 0 Å². The van der Waals surface area contributed by atoms with Crippen molar-refractivity contribution in [3.05, 3.63) is 41.7 Å². The summed E-state index contributed by atoms with van der Waals surface area (Å²) < 4.78 is 0. The van der Waals surface area contributed by atoms with E-state index < -0.39 is 0 Å². The quantitative estimate of drug-likeness (QED) is 0.854. The van der Waals surface area contributed by atoms with Crippen molar-refractivity contribution in [3.63, 3.8) is 0 Å². The van der Waals surface area contributed by atoms with Crippen molar-refractivity contribution in [1.82, 2.24) is 4.98 Å². The summed E-state index contributed by atoms with van der Waals surface area (Å²) in [5.74, 6) is 0. The second-order valence-electron chi connectivity index (χ2n) is 5.10. The first-order chi connectivity index (χ1) is 8.23. The van der Waals surface area contributed by atoms with E-state index >= 15 is 0 Å². The summed E-state index contributed by atoms with van der Waals surface area (Å²) in [6.45, 7) is 2.17. The molecule has 2 N–H and O–H groups in total. The molecule has 1 aliphatic carbocycles. The molecule has 1 heterocycles. The number of aromatic nitrogens is 1. The average molecular weight is 226 g/mol. The Hall–Kier alpha value is -1.41. The molecule has 2 heteroatoms. The van der Waals surface area contributed by atoms with Crippen LogP contribution in [-0.2, 0) is 12.0 Å². The van der Waals surface area contributed by atoms with Gasteiger partial charge in [-0.2, -0.15) is 0 Å². The second kappa shape index (κ2) is 3.81. The third-order valence-corrected chi connectivity index (χ3v) is 4.04. The molecule has 0 amide bonds. The van der Waals surface area contributed by atoms with Gasteiger partial charge in [0.05, 0.1) is 0 Å². The summed E-state index contributed by atoms with van der Waals surface area (Å²) in [5.41, 5.74) is 8.88. The molecule has 0 unspecified atom stereocenters. The zero-order valence-electron chi connectivity index (χ0n) is 10.2. The highest BCUT2D eigenvalue weighted by molar-refractivity contribution is 5.85. The Kier molecular flexibility index (Phi) is 2.40. The Morgan fingerprint density at radius 3 is 2.76 bits per heavy atom. The minimum absolute atomic E-state index is 0.0730. The molecule has 17 heavy (non-hydrogen) atoms. The molecule has 1 saturated carbocycles. The van der Waals surface area contributed by atoms with Crippen molar-refractivity contribution in [2.75, 3.05) is 0 Å². The van der Waals surface area contributed by atoms with Crippen LogP contribution in [0.3, 0.4) is 0 Å². The zero-order chi connectivity index (χ0) is 11.9. The van der Waals surface area contributed by atoms with Gasteiger partial charge < -0.3 is 5.73 Å². The number of benzene rings is 1. The number of aryl methyl sites for hydroxylation is 1. The molecule has 0 aliphatic heterocycles. The number of rotatable bonds is 2. The molecular weight excluding hydrogens is 208 g/mol. The minimum Gasteiger partial charge on any atom is -0.321 e. The topological polar surface area (TPSA) is 38.9 Å². The van der Waals surface area contributed by atoms with E-state index in [2.05, 4.69) is 30.1 Å². The van der Waals surface area contributed by atoms with Crippen molar-refractivity contribution >= 4 is 10.8 Å². The van der Waals surface area contributed by atoms with E-state index in [1.54, 1.807) is 0 Å². The number of hydrogen-bond donors (Lipinski definition) is 1. The van der Waals surface area contributed by atoms with Crippen molar-refractivity contribution in [2.45, 2.75) is 38.1 Å². The fourth-order valence-electron chi connectivity index (χ4n) is 2.68. The van der Waals surface area contributed by atoms with Crippen LogP contribution in [0.25, 0.3) is 10.8 Å². The molecule has 0 radical (unpaired) electrons. The van der Waals surface area contributed by atoms with Gasteiger partial charge in [0, 0.05) is 23.3 Å². The van der Waals surface area contributed by atoms with E-state index in [0.29, 0.717) is 0 Å². The van der Waals surface area contributed by atoms with Crippen LogP contribution < -0.4 is 5.73 Å². The van der Waals surface area contributed by atoms with Crippen LogP contribution in [0.1, 0.15) is 37.3 Å². The highest BCUT2D eigenvalue weighted by Crippen LogP contribution is 2.39. The second-order valence-corrected chi connectivity index (χ2v) is 5.10. The molecule has 1 fully saturated rings. The van der Waals surface area contributed by atoms with E-state index in [4.69, 9.17) is 5.73 Å². The number of pyridine rings is 1. The molecule has 88 valence electrons. The molecule has 1 aliphatic rings.